The van der Waals surface area contributed by atoms with Crippen molar-refractivity contribution in [2.45, 2.75) is 82.8 Å². The predicted molar refractivity (Wildman–Crippen MR) is 163 cm³/mol. The zero-order valence-corrected chi connectivity index (χ0v) is 25.6. The molecule has 4 heteroatoms. The summed E-state index contributed by atoms with van der Waals surface area (Å²) in [6.07, 6.45) is 1.28. The summed E-state index contributed by atoms with van der Waals surface area (Å²) in [6, 6.07) is 25.8. The van der Waals surface area contributed by atoms with Crippen LogP contribution in [0.3, 0.4) is 0 Å². The van der Waals surface area contributed by atoms with Crippen LogP contribution in [0.5, 0.6) is 0 Å². The molecule has 0 bridgehead atoms. The first-order valence-corrected chi connectivity index (χ1v) is 14.8. The minimum absolute atomic E-state index is 0.187. The predicted octanol–water partition coefficient (Wildman–Crippen LogP) is 9.18. The molecule has 37 heavy (non-hydrogen) atoms. The van der Waals surface area contributed by atoms with Gasteiger partial charge in [-0.2, -0.15) is 0 Å². The molecule has 0 radical (unpaired) electrons. The largest absolute Gasteiger partial charge is 0.372 e. The topological polar surface area (TPSA) is 21.3 Å². The molecule has 1 N–H and O–H groups in total. The Hall–Kier alpha value is -1.65. The monoisotopic (exact) mass is 583 g/mol. The Morgan fingerprint density at radius 2 is 1.30 bits per heavy atom. The third-order valence-corrected chi connectivity index (χ3v) is 7.88. The van der Waals surface area contributed by atoms with Crippen LogP contribution in [0.2, 0.25) is 5.02 Å². The fourth-order valence-corrected chi connectivity index (χ4v) is 4.99. The van der Waals surface area contributed by atoms with Crippen molar-refractivity contribution in [1.82, 2.24) is 5.32 Å². The van der Waals surface area contributed by atoms with Gasteiger partial charge >= 0.3 is 0 Å². The molecule has 4 rings (SSSR count). The van der Waals surface area contributed by atoms with E-state index in [-0.39, 0.29) is 16.9 Å². The van der Waals surface area contributed by atoms with Crippen LogP contribution in [0, 0.1) is 0 Å². The molecule has 0 saturated carbocycles. The van der Waals surface area contributed by atoms with E-state index in [2.05, 4.69) is 123 Å². The lowest BCUT2D eigenvalue weighted by molar-refractivity contribution is 0.0106. The fourth-order valence-electron chi connectivity index (χ4n) is 4.49. The molecule has 0 spiro atoms. The molecule has 3 aromatic carbocycles. The summed E-state index contributed by atoms with van der Waals surface area (Å²) in [5.74, 6) is 0.423. The standard InChI is InChI=1S/C22H28ClNO.C11H15Br/c1-22(2,3)18-8-4-16(5-9-18)15-25-21-14-24-13-12-20(21)17-6-10-19(23)11-7-17;1-11(2,3)10-6-4-9(8-12)5-7-10/h4-11,20-21,24H,12-15H2,1-3H3;4-7H,8H2,1-3H3. The number of halogens is 2. The van der Waals surface area contributed by atoms with E-state index in [0.29, 0.717) is 12.5 Å². The molecule has 3 aromatic rings. The Labute approximate surface area is 238 Å². The van der Waals surface area contributed by atoms with Crippen molar-refractivity contribution < 1.29 is 4.74 Å². The van der Waals surface area contributed by atoms with Gasteiger partial charge in [-0.3, -0.25) is 0 Å². The van der Waals surface area contributed by atoms with E-state index in [9.17, 15) is 0 Å². The average Bonchev–Trinajstić information content (AvgIpc) is 2.88. The first-order chi connectivity index (χ1) is 17.5. The second-order valence-electron chi connectivity index (χ2n) is 12.0. The van der Waals surface area contributed by atoms with Crippen molar-refractivity contribution in [1.29, 1.82) is 0 Å². The Balaban J connectivity index is 0.000000266. The van der Waals surface area contributed by atoms with Crippen LogP contribution in [0.1, 0.15) is 81.7 Å². The Kier molecular flexibility index (Phi) is 10.8. The van der Waals surface area contributed by atoms with Crippen LogP contribution in [0.4, 0.5) is 0 Å². The highest BCUT2D eigenvalue weighted by Gasteiger charge is 2.27. The third-order valence-electron chi connectivity index (χ3n) is 6.98. The molecule has 1 heterocycles. The molecule has 0 aliphatic carbocycles. The van der Waals surface area contributed by atoms with Gasteiger partial charge in [-0.05, 0) is 63.7 Å². The summed E-state index contributed by atoms with van der Waals surface area (Å²) < 4.78 is 6.30. The van der Waals surface area contributed by atoms with Crippen molar-refractivity contribution in [2.24, 2.45) is 0 Å². The molecule has 200 valence electrons. The quantitative estimate of drug-likeness (QED) is 0.302. The molecule has 2 atom stereocenters. The van der Waals surface area contributed by atoms with Gasteiger partial charge in [0.1, 0.15) is 0 Å². The highest BCUT2D eigenvalue weighted by molar-refractivity contribution is 9.08. The lowest BCUT2D eigenvalue weighted by Crippen LogP contribution is -2.40. The summed E-state index contributed by atoms with van der Waals surface area (Å²) in [5.41, 5.74) is 7.09. The molecular weight excluding hydrogens is 542 g/mol. The minimum Gasteiger partial charge on any atom is -0.372 e. The molecule has 1 aliphatic rings. The number of alkyl halides is 1. The highest BCUT2D eigenvalue weighted by atomic mass is 79.9. The average molecular weight is 585 g/mol. The number of benzene rings is 3. The van der Waals surface area contributed by atoms with Crippen molar-refractivity contribution in [2.75, 3.05) is 13.1 Å². The normalized spacial score (nSPS) is 18.2. The zero-order valence-electron chi connectivity index (χ0n) is 23.3. The van der Waals surface area contributed by atoms with Gasteiger partial charge in [0, 0.05) is 22.8 Å². The maximum atomic E-state index is 6.30. The van der Waals surface area contributed by atoms with E-state index >= 15 is 0 Å². The van der Waals surface area contributed by atoms with Gasteiger partial charge in [0.25, 0.3) is 0 Å². The zero-order chi connectivity index (χ0) is 27.1. The smallest absolute Gasteiger partial charge is 0.0772 e. The van der Waals surface area contributed by atoms with Crippen LogP contribution in [-0.4, -0.2) is 19.2 Å². The van der Waals surface area contributed by atoms with Crippen LogP contribution >= 0.6 is 27.5 Å². The van der Waals surface area contributed by atoms with Crippen LogP contribution in [0.25, 0.3) is 0 Å². The summed E-state index contributed by atoms with van der Waals surface area (Å²) in [6.45, 7) is 16.0. The van der Waals surface area contributed by atoms with Gasteiger partial charge in [-0.1, -0.05) is 130 Å². The van der Waals surface area contributed by atoms with E-state index < -0.39 is 0 Å². The number of hydrogen-bond donors (Lipinski definition) is 1. The minimum atomic E-state index is 0.187. The van der Waals surface area contributed by atoms with Crippen molar-refractivity contribution in [3.8, 4) is 0 Å². The first-order valence-electron chi connectivity index (χ1n) is 13.3. The Morgan fingerprint density at radius 1 is 0.784 bits per heavy atom. The molecule has 1 fully saturated rings. The molecular formula is C33H43BrClNO. The van der Waals surface area contributed by atoms with Gasteiger partial charge in [0.2, 0.25) is 0 Å². The van der Waals surface area contributed by atoms with Crippen molar-refractivity contribution in [3.63, 3.8) is 0 Å². The second kappa shape index (κ2) is 13.4. The summed E-state index contributed by atoms with van der Waals surface area (Å²) in [5, 5.41) is 5.19. The molecule has 1 saturated heterocycles. The Bertz CT molecular complexity index is 1080. The van der Waals surface area contributed by atoms with Crippen molar-refractivity contribution in [3.05, 3.63) is 106 Å². The van der Waals surface area contributed by atoms with E-state index in [1.807, 2.05) is 12.1 Å². The van der Waals surface area contributed by atoms with Crippen LogP contribution in [-0.2, 0) is 27.5 Å². The van der Waals surface area contributed by atoms with Crippen molar-refractivity contribution >= 4 is 27.5 Å². The molecule has 2 unspecified atom stereocenters. The maximum Gasteiger partial charge on any atom is 0.0772 e. The second-order valence-corrected chi connectivity index (χ2v) is 13.0. The van der Waals surface area contributed by atoms with Gasteiger partial charge in [-0.25, -0.2) is 0 Å². The fraction of sp³-hybridized carbons (Fsp3) is 0.455. The summed E-state index contributed by atoms with van der Waals surface area (Å²) in [4.78, 5) is 0. The van der Waals surface area contributed by atoms with E-state index in [1.54, 1.807) is 0 Å². The number of hydrogen-bond acceptors (Lipinski definition) is 2. The third kappa shape index (κ3) is 9.25. The maximum absolute atomic E-state index is 6.30. The van der Waals surface area contributed by atoms with E-state index in [4.69, 9.17) is 16.3 Å². The summed E-state index contributed by atoms with van der Waals surface area (Å²) in [7, 11) is 0. The molecule has 2 nitrogen and oxygen atoms in total. The van der Waals surface area contributed by atoms with E-state index in [1.165, 1.54) is 27.8 Å². The number of rotatable bonds is 5. The van der Waals surface area contributed by atoms with Gasteiger partial charge in [0.15, 0.2) is 0 Å². The SMILES string of the molecule is CC(C)(C)c1ccc(CBr)cc1.CC(C)(C)c1ccc(COC2CNCCC2c2ccc(Cl)cc2)cc1. The van der Waals surface area contributed by atoms with Gasteiger partial charge in [-0.15, -0.1) is 0 Å². The van der Waals surface area contributed by atoms with Gasteiger partial charge in [0.05, 0.1) is 12.7 Å². The highest BCUT2D eigenvalue weighted by Crippen LogP contribution is 2.30. The lowest BCUT2D eigenvalue weighted by Gasteiger charge is -2.32. The Morgan fingerprint density at radius 3 is 1.78 bits per heavy atom. The lowest BCUT2D eigenvalue weighted by atomic mass is 9.86. The first kappa shape index (κ1) is 29.9. The molecule has 0 amide bonds. The number of piperidine rings is 1. The number of nitrogens with one attached hydrogen (secondary N) is 1. The van der Waals surface area contributed by atoms with Gasteiger partial charge < -0.3 is 10.1 Å². The number of ether oxygens (including phenoxy) is 1. The van der Waals surface area contributed by atoms with Crippen LogP contribution in [0.15, 0.2) is 72.8 Å². The molecule has 1 aliphatic heterocycles. The molecule has 0 aromatic heterocycles. The van der Waals surface area contributed by atoms with Crippen LogP contribution < -0.4 is 5.32 Å². The summed E-state index contributed by atoms with van der Waals surface area (Å²) >= 11 is 9.46. The van der Waals surface area contributed by atoms with E-state index in [0.717, 1.165) is 29.9 Å².